The summed E-state index contributed by atoms with van der Waals surface area (Å²) in [6.07, 6.45) is 12.4. The van der Waals surface area contributed by atoms with E-state index in [-0.39, 0.29) is 77.1 Å². The Kier molecular flexibility index (Phi) is 30.8. The van der Waals surface area contributed by atoms with E-state index in [9.17, 15) is 4.79 Å². The fourth-order valence-electron chi connectivity index (χ4n) is 15.8. The summed E-state index contributed by atoms with van der Waals surface area (Å²) in [6, 6.07) is 38.7. The van der Waals surface area contributed by atoms with Gasteiger partial charge in [0.25, 0.3) is 0 Å². The molecule has 1 N–H and O–H groups in total. The van der Waals surface area contributed by atoms with Gasteiger partial charge in [0.05, 0.1) is 20.6 Å². The number of aryl methyl sites for hydroxylation is 1. The number of allylic oxidation sites excluding steroid dienone is 2. The smallest absolute Gasteiger partial charge is 0.186 e. The van der Waals surface area contributed by atoms with Gasteiger partial charge in [-0.25, -0.2) is 0 Å². The zero-order valence-electron chi connectivity index (χ0n) is 65.6. The normalized spacial score (nSPS) is 15.1. The van der Waals surface area contributed by atoms with Crippen LogP contribution in [-0.2, 0) is 22.4 Å². The van der Waals surface area contributed by atoms with E-state index in [0.29, 0.717) is 17.1 Å². The van der Waals surface area contributed by atoms with E-state index in [2.05, 4.69) is 339 Å². The third-order valence-corrected chi connectivity index (χ3v) is 26.0. The van der Waals surface area contributed by atoms with Crippen LogP contribution in [0.2, 0.25) is 0 Å². The highest BCUT2D eigenvalue weighted by molar-refractivity contribution is 9.08. The number of thioether (sulfide) groups is 1. The van der Waals surface area contributed by atoms with E-state index in [0.717, 1.165) is 42.2 Å². The van der Waals surface area contributed by atoms with Gasteiger partial charge in [0, 0.05) is 34.5 Å². The molecule has 4 atom stereocenters. The highest BCUT2D eigenvalue weighted by Crippen LogP contribution is 2.69. The molecule has 0 spiro atoms. The van der Waals surface area contributed by atoms with Crippen LogP contribution in [0.4, 0.5) is 0 Å². The number of carbonyl (C=O) groups is 1. The monoisotopic (exact) mass is 1330 g/mol. The number of rotatable bonds is 31. The molecule has 516 valence electrons. The van der Waals surface area contributed by atoms with Crippen molar-refractivity contribution in [2.45, 2.75) is 299 Å². The standard InChI is InChI=1S/C78H126BrN2OS.C6H12.C2H6/c1-30-47-69(7,8)54-81(28,29)52-58-35-41-62(42-36-58)66(74(17,18)77(23,24)78(25,26)80-27)50-71(11,12)75(19,20)67(63-45-33-57(51-79)34-46-63)76(21,22)73(15,16)65(61-43-37-59(38-44-61)53-83-56(3)82)49-70(9,10)72(13,14)64(48-68(4,5)6)60-39-31-55(2)32-40-60;1-3-5-6-4-2;1-2/h31-46,64-67,80H,30,47-54H2,1-29H3;3,5H,4,6H2,1-2H3;1-2H3/q+1;;/b;5-3+;. The largest absolute Gasteiger partial charge is 0.324 e. The van der Waals surface area contributed by atoms with E-state index in [1.54, 1.807) is 6.92 Å². The summed E-state index contributed by atoms with van der Waals surface area (Å²) in [4.78, 5) is 12.3. The number of hydrogen-bond acceptors (Lipinski definition) is 3. The van der Waals surface area contributed by atoms with Crippen LogP contribution in [0.5, 0.6) is 0 Å². The minimum atomic E-state index is -0.254. The van der Waals surface area contributed by atoms with Crippen molar-refractivity contribution in [1.29, 1.82) is 0 Å². The Bertz CT molecular complexity index is 2810. The second-order valence-corrected chi connectivity index (χ2v) is 37.4. The maximum absolute atomic E-state index is 12.3. The van der Waals surface area contributed by atoms with E-state index in [1.165, 1.54) is 82.0 Å². The minimum Gasteiger partial charge on any atom is -0.324 e. The zero-order valence-corrected chi connectivity index (χ0v) is 68.0. The number of nitrogens with one attached hydrogen (secondary N) is 1. The molecular weight excluding hydrogens is 1190 g/mol. The molecule has 0 aromatic heterocycles. The predicted octanol–water partition coefficient (Wildman–Crippen LogP) is 26.3. The second-order valence-electron chi connectivity index (χ2n) is 35.7. The number of nitrogens with zero attached hydrogens (tertiary/aromatic N) is 1. The van der Waals surface area contributed by atoms with Crippen LogP contribution >= 0.6 is 27.7 Å². The van der Waals surface area contributed by atoms with Gasteiger partial charge in [-0.2, -0.15) is 0 Å². The van der Waals surface area contributed by atoms with Crippen LogP contribution in [0.15, 0.2) is 109 Å². The highest BCUT2D eigenvalue weighted by atomic mass is 79.9. The lowest BCUT2D eigenvalue weighted by Crippen LogP contribution is -2.58. The number of hydrogen-bond donors (Lipinski definition) is 1. The van der Waals surface area contributed by atoms with Crippen molar-refractivity contribution in [1.82, 2.24) is 5.32 Å². The van der Waals surface area contributed by atoms with E-state index in [4.69, 9.17) is 0 Å². The molecule has 0 aliphatic carbocycles. The lowest BCUT2D eigenvalue weighted by molar-refractivity contribution is -0.909. The molecule has 0 radical (unpaired) electrons. The molecule has 0 aliphatic rings. The molecule has 0 saturated heterocycles. The lowest BCUT2D eigenvalue weighted by atomic mass is 9.42. The van der Waals surface area contributed by atoms with Gasteiger partial charge >= 0.3 is 0 Å². The number of alkyl halides is 1. The van der Waals surface area contributed by atoms with Crippen LogP contribution < -0.4 is 5.32 Å². The first-order valence-electron chi connectivity index (χ1n) is 35.7. The van der Waals surface area contributed by atoms with Crippen LogP contribution in [0.25, 0.3) is 0 Å². The fraction of sp³-hybridized carbons (Fsp3) is 0.686. The Morgan fingerprint density at radius 1 is 0.538 bits per heavy atom. The Labute approximate surface area is 578 Å². The summed E-state index contributed by atoms with van der Waals surface area (Å²) in [5.41, 5.74) is 9.96. The van der Waals surface area contributed by atoms with Crippen molar-refractivity contribution in [3.8, 4) is 0 Å². The third kappa shape index (κ3) is 21.5. The number of benzene rings is 4. The van der Waals surface area contributed by atoms with Gasteiger partial charge in [-0.1, -0.05) is 328 Å². The van der Waals surface area contributed by atoms with Gasteiger partial charge in [0.1, 0.15) is 6.54 Å². The summed E-state index contributed by atoms with van der Waals surface area (Å²) in [5, 5.41) is 4.79. The van der Waals surface area contributed by atoms with Crippen LogP contribution in [-0.4, -0.2) is 42.8 Å². The highest BCUT2D eigenvalue weighted by Gasteiger charge is 2.60. The molecule has 0 amide bonds. The van der Waals surface area contributed by atoms with E-state index >= 15 is 0 Å². The maximum atomic E-state index is 12.3. The molecule has 4 rings (SSSR count). The SMILES string of the molecule is C/C=C/CCC.CC.CCCC(C)(C)C[N+](C)(C)Cc1ccc(C(CC(C)(C)C(C)(C)C(c2ccc(CBr)cc2)C(C)(C)C(C)(C)C(CC(C)(C)C(C)(C)C(CC(C)(C)C)c2ccc(C)cc2)c2ccc(CSC(C)=O)cc2)C(C)(C)C(C)(C)C(C)(C)NC)cc1. The zero-order chi connectivity index (χ0) is 70.4. The Morgan fingerprint density at radius 2 is 0.945 bits per heavy atom. The topological polar surface area (TPSA) is 29.1 Å². The molecule has 0 saturated carbocycles. The van der Waals surface area contributed by atoms with Gasteiger partial charge in [-0.15, -0.1) is 0 Å². The van der Waals surface area contributed by atoms with Crippen LogP contribution in [0, 0.1) is 61.1 Å². The third-order valence-electron chi connectivity index (χ3n) is 24.5. The average Bonchev–Trinajstić information content (AvgIpc) is 0.724. The van der Waals surface area contributed by atoms with Gasteiger partial charge in [0.15, 0.2) is 5.12 Å². The summed E-state index contributed by atoms with van der Waals surface area (Å²) < 4.78 is 0.975. The van der Waals surface area contributed by atoms with E-state index < -0.39 is 0 Å². The van der Waals surface area contributed by atoms with Gasteiger partial charge in [-0.3, -0.25) is 4.79 Å². The number of carbonyl (C=O) groups excluding carboxylic acids is 1. The Morgan fingerprint density at radius 3 is 1.34 bits per heavy atom. The molecule has 0 heterocycles. The van der Waals surface area contributed by atoms with Crippen molar-refractivity contribution >= 4 is 32.8 Å². The predicted molar refractivity (Wildman–Crippen MR) is 413 cm³/mol. The summed E-state index contributed by atoms with van der Waals surface area (Å²) in [5.74, 6) is 1.63. The average molecular weight is 1330 g/mol. The molecule has 0 fully saturated rings. The van der Waals surface area contributed by atoms with Crippen molar-refractivity contribution in [3.05, 3.63) is 154 Å². The summed E-state index contributed by atoms with van der Waals surface area (Å²) >= 11 is 5.23. The summed E-state index contributed by atoms with van der Waals surface area (Å²) in [6.45, 7) is 75.2. The van der Waals surface area contributed by atoms with Gasteiger partial charge in [-0.05, 0) is 173 Å². The molecule has 4 unspecified atom stereocenters. The van der Waals surface area contributed by atoms with Crippen LogP contribution in [0.1, 0.15) is 314 Å². The molecule has 0 aliphatic heterocycles. The molecular formula is C86H144BrN2OS+. The van der Waals surface area contributed by atoms with Gasteiger partial charge in [0.2, 0.25) is 0 Å². The maximum Gasteiger partial charge on any atom is 0.186 e. The summed E-state index contributed by atoms with van der Waals surface area (Å²) in [7, 11) is 6.99. The number of halogens is 1. The Hall–Kier alpha value is -2.96. The number of unbranched alkanes of at least 4 members (excludes halogenated alkanes) is 1. The molecule has 91 heavy (non-hydrogen) atoms. The van der Waals surface area contributed by atoms with Crippen LogP contribution in [0.3, 0.4) is 0 Å². The van der Waals surface area contributed by atoms with Crippen molar-refractivity contribution in [2.75, 3.05) is 27.7 Å². The molecule has 0 bridgehead atoms. The minimum absolute atomic E-state index is 0.0746. The number of quaternary nitrogens is 1. The second kappa shape index (κ2) is 33.3. The van der Waals surface area contributed by atoms with Gasteiger partial charge < -0.3 is 9.80 Å². The van der Waals surface area contributed by atoms with Crippen molar-refractivity contribution in [3.63, 3.8) is 0 Å². The molecule has 4 aromatic rings. The van der Waals surface area contributed by atoms with Crippen molar-refractivity contribution < 1.29 is 9.28 Å². The lowest BCUT2D eigenvalue weighted by Gasteiger charge is -2.62. The van der Waals surface area contributed by atoms with E-state index in [1.807, 2.05) is 13.8 Å². The quantitative estimate of drug-likeness (QED) is 0.0309. The first-order chi connectivity index (χ1) is 41.5. The van der Waals surface area contributed by atoms with Crippen molar-refractivity contribution in [2.24, 2.45) is 54.1 Å². The molecule has 3 nitrogen and oxygen atoms in total. The molecule has 5 heteroatoms. The fourth-order valence-corrected chi connectivity index (χ4v) is 16.7. The Balaban J connectivity index is 0.00000332. The molecule has 4 aromatic carbocycles. The first kappa shape index (κ1) is 84.1. The first-order valence-corrected chi connectivity index (χ1v) is 37.8.